The van der Waals surface area contributed by atoms with Crippen LogP contribution in [0.3, 0.4) is 0 Å². The van der Waals surface area contributed by atoms with Gasteiger partial charge in [-0.2, -0.15) is 0 Å². The topological polar surface area (TPSA) is 96.8 Å². The fourth-order valence-corrected chi connectivity index (χ4v) is 3.35. The van der Waals surface area contributed by atoms with Crippen molar-refractivity contribution in [3.8, 4) is 0 Å². The number of nitrogens with two attached hydrogens (primary N) is 1. The molecule has 1 aromatic heterocycles. The summed E-state index contributed by atoms with van der Waals surface area (Å²) in [5.74, 6) is -0.356. The van der Waals surface area contributed by atoms with Crippen LogP contribution in [0.4, 0.5) is 0 Å². The number of carbonyl (C=O) groups excluding carboxylic acids is 3. The Morgan fingerprint density at radius 2 is 2.13 bits per heavy atom. The van der Waals surface area contributed by atoms with Crippen LogP contribution in [0, 0.1) is 11.8 Å². The lowest BCUT2D eigenvalue weighted by Gasteiger charge is -2.32. The first-order valence-electron chi connectivity index (χ1n) is 7.93. The lowest BCUT2D eigenvalue weighted by atomic mass is 9.96. The number of likely N-dealkylation sites (tertiary alicyclic amines) is 2. The summed E-state index contributed by atoms with van der Waals surface area (Å²) in [6, 6.07) is 3.58. The van der Waals surface area contributed by atoms with E-state index < -0.39 is 0 Å². The van der Waals surface area contributed by atoms with Gasteiger partial charge in [-0.25, -0.2) is 0 Å². The number of piperidine rings is 1. The Labute approximate surface area is 134 Å². The fourth-order valence-electron chi connectivity index (χ4n) is 3.35. The van der Waals surface area contributed by atoms with Gasteiger partial charge in [-0.1, -0.05) is 0 Å². The number of rotatable bonds is 4. The molecular formula is C16H21N3O4. The third kappa shape index (κ3) is 3.38. The zero-order valence-electron chi connectivity index (χ0n) is 12.9. The van der Waals surface area contributed by atoms with Crippen LogP contribution in [0.5, 0.6) is 0 Å². The van der Waals surface area contributed by atoms with Crippen molar-refractivity contribution in [2.24, 2.45) is 17.6 Å². The summed E-state index contributed by atoms with van der Waals surface area (Å²) in [5, 5.41) is 0. The van der Waals surface area contributed by atoms with Crippen LogP contribution in [0.15, 0.2) is 22.8 Å². The first-order chi connectivity index (χ1) is 11.0. The molecule has 2 N–H and O–H groups in total. The highest BCUT2D eigenvalue weighted by Crippen LogP contribution is 2.25. The third-order valence-corrected chi connectivity index (χ3v) is 4.63. The van der Waals surface area contributed by atoms with Gasteiger partial charge in [0.25, 0.3) is 0 Å². The molecule has 2 aliphatic rings. The molecule has 124 valence electrons. The molecule has 2 fully saturated rings. The molecule has 0 spiro atoms. The summed E-state index contributed by atoms with van der Waals surface area (Å²) < 4.78 is 5.26. The minimum Gasteiger partial charge on any atom is -0.467 e. The first-order valence-corrected chi connectivity index (χ1v) is 7.93. The fraction of sp³-hybridized carbons (Fsp3) is 0.562. The summed E-state index contributed by atoms with van der Waals surface area (Å²) in [6.45, 7) is 1.79. The Morgan fingerprint density at radius 1 is 1.30 bits per heavy atom. The zero-order chi connectivity index (χ0) is 16.4. The van der Waals surface area contributed by atoms with Gasteiger partial charge >= 0.3 is 0 Å². The van der Waals surface area contributed by atoms with Crippen molar-refractivity contribution in [2.75, 3.05) is 19.6 Å². The number of hydrogen-bond acceptors (Lipinski definition) is 4. The van der Waals surface area contributed by atoms with E-state index in [1.807, 2.05) is 6.07 Å². The molecule has 2 saturated heterocycles. The molecule has 0 saturated carbocycles. The van der Waals surface area contributed by atoms with Gasteiger partial charge in [0.15, 0.2) is 0 Å². The summed E-state index contributed by atoms with van der Waals surface area (Å²) in [5.41, 5.74) is 5.35. The van der Waals surface area contributed by atoms with Gasteiger partial charge in [0.1, 0.15) is 5.76 Å². The van der Waals surface area contributed by atoms with E-state index in [9.17, 15) is 14.4 Å². The lowest BCUT2D eigenvalue weighted by molar-refractivity contribution is -0.139. The Bertz CT molecular complexity index is 598. The standard InChI is InChI=1S/C16H21N3O4/c17-15(21)11-3-1-5-18(8-11)16(22)12-7-14(20)19(9-12)10-13-4-2-6-23-13/h2,4,6,11-12H,1,3,5,7-10H2,(H2,17,21). The Balaban J connectivity index is 1.60. The van der Waals surface area contributed by atoms with Crippen LogP contribution >= 0.6 is 0 Å². The summed E-state index contributed by atoms with van der Waals surface area (Å²) in [4.78, 5) is 39.4. The SMILES string of the molecule is NC(=O)C1CCCN(C(=O)C2CC(=O)N(Cc3ccco3)C2)C1. The highest BCUT2D eigenvalue weighted by molar-refractivity contribution is 5.89. The summed E-state index contributed by atoms with van der Waals surface area (Å²) in [6.07, 6.45) is 3.29. The highest BCUT2D eigenvalue weighted by atomic mass is 16.3. The minimum absolute atomic E-state index is 0.0387. The second-order valence-corrected chi connectivity index (χ2v) is 6.28. The molecule has 7 heteroatoms. The van der Waals surface area contributed by atoms with E-state index in [1.165, 1.54) is 0 Å². The summed E-state index contributed by atoms with van der Waals surface area (Å²) >= 11 is 0. The molecule has 2 aliphatic heterocycles. The van der Waals surface area contributed by atoms with E-state index >= 15 is 0 Å². The maximum absolute atomic E-state index is 12.6. The number of furan rings is 1. The number of amides is 3. The molecule has 23 heavy (non-hydrogen) atoms. The molecule has 3 rings (SSSR count). The van der Waals surface area contributed by atoms with Crippen LogP contribution in [0.1, 0.15) is 25.0 Å². The molecule has 0 aliphatic carbocycles. The van der Waals surface area contributed by atoms with Crippen molar-refractivity contribution in [3.05, 3.63) is 24.2 Å². The monoisotopic (exact) mass is 319 g/mol. The van der Waals surface area contributed by atoms with Crippen molar-refractivity contribution in [2.45, 2.75) is 25.8 Å². The Kier molecular flexibility index (Phi) is 4.36. The van der Waals surface area contributed by atoms with E-state index in [0.717, 1.165) is 12.8 Å². The van der Waals surface area contributed by atoms with Gasteiger partial charge in [-0.3, -0.25) is 14.4 Å². The normalized spacial score (nSPS) is 25.0. The second kappa shape index (κ2) is 6.44. The van der Waals surface area contributed by atoms with Crippen LogP contribution in [-0.4, -0.2) is 47.2 Å². The molecule has 1 aromatic rings. The van der Waals surface area contributed by atoms with Crippen molar-refractivity contribution in [1.82, 2.24) is 9.80 Å². The van der Waals surface area contributed by atoms with Crippen molar-refractivity contribution >= 4 is 17.7 Å². The second-order valence-electron chi connectivity index (χ2n) is 6.28. The van der Waals surface area contributed by atoms with Crippen molar-refractivity contribution in [1.29, 1.82) is 0 Å². The zero-order valence-corrected chi connectivity index (χ0v) is 12.9. The first kappa shape index (κ1) is 15.6. The van der Waals surface area contributed by atoms with Crippen molar-refractivity contribution in [3.63, 3.8) is 0 Å². The summed E-state index contributed by atoms with van der Waals surface area (Å²) in [7, 11) is 0. The maximum atomic E-state index is 12.6. The van der Waals surface area contributed by atoms with Gasteiger partial charge in [0.2, 0.25) is 17.7 Å². The molecule has 0 aromatic carbocycles. The molecule has 3 heterocycles. The van der Waals surface area contributed by atoms with Gasteiger partial charge in [-0.05, 0) is 25.0 Å². The quantitative estimate of drug-likeness (QED) is 0.866. The molecule has 0 radical (unpaired) electrons. The smallest absolute Gasteiger partial charge is 0.228 e. The van der Waals surface area contributed by atoms with E-state index in [0.29, 0.717) is 31.9 Å². The van der Waals surface area contributed by atoms with Crippen molar-refractivity contribution < 1.29 is 18.8 Å². The van der Waals surface area contributed by atoms with Gasteiger partial charge in [0.05, 0.1) is 24.6 Å². The van der Waals surface area contributed by atoms with Crippen LogP contribution < -0.4 is 5.73 Å². The van der Waals surface area contributed by atoms with Gasteiger partial charge in [-0.15, -0.1) is 0 Å². The molecule has 2 unspecified atom stereocenters. The number of nitrogens with zero attached hydrogens (tertiary/aromatic N) is 2. The van der Waals surface area contributed by atoms with E-state index in [-0.39, 0.29) is 36.0 Å². The van der Waals surface area contributed by atoms with Crippen LogP contribution in [0.2, 0.25) is 0 Å². The molecule has 0 bridgehead atoms. The number of hydrogen-bond donors (Lipinski definition) is 1. The number of carbonyl (C=O) groups is 3. The van der Waals surface area contributed by atoms with E-state index in [2.05, 4.69) is 0 Å². The third-order valence-electron chi connectivity index (χ3n) is 4.63. The minimum atomic E-state index is -0.357. The predicted molar refractivity (Wildman–Crippen MR) is 80.7 cm³/mol. The Morgan fingerprint density at radius 3 is 2.83 bits per heavy atom. The molecule has 2 atom stereocenters. The largest absolute Gasteiger partial charge is 0.467 e. The van der Waals surface area contributed by atoms with Crippen LogP contribution in [0.25, 0.3) is 0 Å². The molecule has 7 nitrogen and oxygen atoms in total. The van der Waals surface area contributed by atoms with Gasteiger partial charge < -0.3 is 20.0 Å². The van der Waals surface area contributed by atoms with E-state index in [4.69, 9.17) is 10.2 Å². The average molecular weight is 319 g/mol. The average Bonchev–Trinajstić information content (AvgIpc) is 3.17. The van der Waals surface area contributed by atoms with E-state index in [1.54, 1.807) is 22.1 Å². The predicted octanol–water partition coefficient (Wildman–Crippen LogP) is 0.352. The van der Waals surface area contributed by atoms with Gasteiger partial charge in [0, 0.05) is 26.1 Å². The lowest BCUT2D eigenvalue weighted by Crippen LogP contribution is -2.46. The molecular weight excluding hydrogens is 298 g/mol. The van der Waals surface area contributed by atoms with Crippen LogP contribution in [-0.2, 0) is 20.9 Å². The number of primary amides is 1. The highest BCUT2D eigenvalue weighted by Gasteiger charge is 2.38. The Hall–Kier alpha value is -2.31. The maximum Gasteiger partial charge on any atom is 0.228 e. The molecule has 3 amide bonds.